The molecule has 2 amide bonds. The highest BCUT2D eigenvalue weighted by molar-refractivity contribution is 6.04. The van der Waals surface area contributed by atoms with Gasteiger partial charge in [-0.3, -0.25) is 14.4 Å². The summed E-state index contributed by atoms with van der Waals surface area (Å²) in [6.07, 6.45) is 1.76. The first-order valence-electron chi connectivity index (χ1n) is 8.98. The number of anilines is 1. The third-order valence-electron chi connectivity index (χ3n) is 4.72. The van der Waals surface area contributed by atoms with Gasteiger partial charge in [0.2, 0.25) is 5.91 Å². The second kappa shape index (κ2) is 8.18. The van der Waals surface area contributed by atoms with E-state index in [0.29, 0.717) is 17.8 Å². The van der Waals surface area contributed by atoms with Crippen LogP contribution in [0.3, 0.4) is 0 Å². The fraction of sp³-hybridized carbons (Fsp3) is 0.350. The van der Waals surface area contributed by atoms with E-state index in [1.807, 2.05) is 17.0 Å². The van der Waals surface area contributed by atoms with Crippen molar-refractivity contribution in [3.05, 3.63) is 63.6 Å². The van der Waals surface area contributed by atoms with Crippen LogP contribution in [0.4, 0.5) is 5.69 Å². The zero-order valence-electron chi connectivity index (χ0n) is 15.6. The molecule has 1 aliphatic heterocycles. The van der Waals surface area contributed by atoms with Crippen molar-refractivity contribution < 1.29 is 9.59 Å². The Morgan fingerprint density at radius 3 is 2.41 bits per heavy atom. The number of nitrogens with zero attached hydrogens (tertiary/aromatic N) is 2. The van der Waals surface area contributed by atoms with Crippen molar-refractivity contribution in [2.45, 2.75) is 13.3 Å². The first-order valence-corrected chi connectivity index (χ1v) is 8.98. The number of pyridine rings is 1. The lowest BCUT2D eigenvalue weighted by Gasteiger charge is -2.32. The molecule has 142 valence electrons. The smallest absolute Gasteiger partial charge is 0.261 e. The second-order valence-electron chi connectivity index (χ2n) is 6.91. The number of amides is 2. The molecule has 0 aliphatic carbocycles. The highest BCUT2D eigenvalue weighted by atomic mass is 16.2. The summed E-state index contributed by atoms with van der Waals surface area (Å²) in [4.78, 5) is 43.5. The summed E-state index contributed by atoms with van der Waals surface area (Å²) in [5.41, 5.74) is 1.92. The Morgan fingerprint density at radius 2 is 1.78 bits per heavy atom. The molecule has 0 radical (unpaired) electrons. The highest BCUT2D eigenvalue weighted by Gasteiger charge is 2.19. The monoisotopic (exact) mass is 368 g/mol. The van der Waals surface area contributed by atoms with Gasteiger partial charge in [-0.05, 0) is 31.7 Å². The molecule has 1 aromatic carbocycles. The van der Waals surface area contributed by atoms with E-state index in [4.69, 9.17) is 0 Å². The van der Waals surface area contributed by atoms with Crippen LogP contribution in [0, 0.1) is 6.92 Å². The Kier molecular flexibility index (Phi) is 5.71. The molecular formula is C20H24N4O3. The first-order chi connectivity index (χ1) is 12.9. The highest BCUT2D eigenvalue weighted by Crippen LogP contribution is 2.12. The van der Waals surface area contributed by atoms with E-state index in [-0.39, 0.29) is 16.9 Å². The Balaban J connectivity index is 1.59. The normalized spacial score (nSPS) is 14.8. The van der Waals surface area contributed by atoms with Gasteiger partial charge in [-0.1, -0.05) is 12.1 Å². The number of aromatic nitrogens is 1. The van der Waals surface area contributed by atoms with Gasteiger partial charge in [0.05, 0.1) is 6.42 Å². The standard InChI is InChI=1S/C20H24N4O3/c1-14-11-18(25)17(13-21-14)20(27)22-16-5-3-15(4-6-16)12-19(26)24-9-7-23(2)8-10-24/h3-6,11,13H,7-10,12H2,1-2H3,(H,21,25)(H,22,27). The van der Waals surface area contributed by atoms with Crippen molar-refractivity contribution in [1.29, 1.82) is 0 Å². The summed E-state index contributed by atoms with van der Waals surface area (Å²) in [5, 5.41) is 2.71. The first kappa shape index (κ1) is 18.8. The maximum Gasteiger partial charge on any atom is 0.261 e. The van der Waals surface area contributed by atoms with E-state index in [9.17, 15) is 14.4 Å². The lowest BCUT2D eigenvalue weighted by molar-refractivity contribution is -0.132. The van der Waals surface area contributed by atoms with Crippen LogP contribution in [0.15, 0.2) is 41.3 Å². The molecule has 1 saturated heterocycles. The van der Waals surface area contributed by atoms with Crippen molar-refractivity contribution in [3.8, 4) is 0 Å². The Morgan fingerprint density at radius 1 is 1.11 bits per heavy atom. The largest absolute Gasteiger partial charge is 0.364 e. The minimum atomic E-state index is -0.461. The molecule has 0 unspecified atom stereocenters. The lowest BCUT2D eigenvalue weighted by Crippen LogP contribution is -2.47. The molecule has 7 heteroatoms. The third kappa shape index (κ3) is 4.83. The zero-order chi connectivity index (χ0) is 19.4. The van der Waals surface area contributed by atoms with Crippen molar-refractivity contribution in [2.75, 3.05) is 38.5 Å². The molecule has 0 saturated carbocycles. The van der Waals surface area contributed by atoms with Gasteiger partial charge < -0.3 is 20.1 Å². The number of H-pyrrole nitrogens is 1. The summed E-state index contributed by atoms with van der Waals surface area (Å²) in [7, 11) is 2.05. The van der Waals surface area contributed by atoms with E-state index >= 15 is 0 Å². The van der Waals surface area contributed by atoms with Crippen LogP contribution >= 0.6 is 0 Å². The average molecular weight is 368 g/mol. The number of carbonyl (C=O) groups is 2. The fourth-order valence-electron chi connectivity index (χ4n) is 3.00. The average Bonchev–Trinajstić information content (AvgIpc) is 2.63. The van der Waals surface area contributed by atoms with E-state index in [0.717, 1.165) is 31.7 Å². The second-order valence-corrected chi connectivity index (χ2v) is 6.91. The third-order valence-corrected chi connectivity index (χ3v) is 4.72. The quantitative estimate of drug-likeness (QED) is 0.851. The van der Waals surface area contributed by atoms with Crippen LogP contribution in [0.1, 0.15) is 21.6 Å². The summed E-state index contributed by atoms with van der Waals surface area (Å²) >= 11 is 0. The van der Waals surface area contributed by atoms with Crippen LogP contribution in [0.5, 0.6) is 0 Å². The number of nitrogens with one attached hydrogen (secondary N) is 2. The fourth-order valence-corrected chi connectivity index (χ4v) is 3.00. The number of benzene rings is 1. The van der Waals surface area contributed by atoms with Gasteiger partial charge >= 0.3 is 0 Å². The topological polar surface area (TPSA) is 85.5 Å². The number of hydrogen-bond acceptors (Lipinski definition) is 4. The minimum Gasteiger partial charge on any atom is -0.364 e. The predicted octanol–water partition coefficient (Wildman–Crippen LogP) is 1.25. The van der Waals surface area contributed by atoms with E-state index < -0.39 is 5.91 Å². The van der Waals surface area contributed by atoms with E-state index in [2.05, 4.69) is 22.2 Å². The molecule has 0 bridgehead atoms. The van der Waals surface area contributed by atoms with E-state index in [1.54, 1.807) is 19.1 Å². The Labute approximate surface area is 158 Å². The number of aryl methyl sites for hydroxylation is 1. The molecule has 2 heterocycles. The Hall–Kier alpha value is -2.93. The number of hydrogen-bond donors (Lipinski definition) is 2. The van der Waals surface area contributed by atoms with Crippen molar-refractivity contribution >= 4 is 17.5 Å². The van der Waals surface area contributed by atoms with Crippen molar-refractivity contribution in [2.24, 2.45) is 0 Å². The molecule has 27 heavy (non-hydrogen) atoms. The molecule has 0 spiro atoms. The Bertz CT molecular complexity index is 881. The summed E-state index contributed by atoms with van der Waals surface area (Å²) in [5.74, 6) is -0.344. The van der Waals surface area contributed by atoms with Crippen molar-refractivity contribution in [3.63, 3.8) is 0 Å². The van der Waals surface area contributed by atoms with Gasteiger partial charge in [0.25, 0.3) is 5.91 Å². The number of piperazine rings is 1. The van der Waals surface area contributed by atoms with E-state index in [1.165, 1.54) is 12.3 Å². The number of rotatable bonds is 4. The lowest BCUT2D eigenvalue weighted by atomic mass is 10.1. The number of aromatic amines is 1. The predicted molar refractivity (Wildman–Crippen MR) is 104 cm³/mol. The molecule has 1 aromatic heterocycles. The summed E-state index contributed by atoms with van der Waals surface area (Å²) in [6.45, 7) is 5.07. The molecule has 0 atom stereocenters. The van der Waals surface area contributed by atoms with Gasteiger partial charge in [-0.25, -0.2) is 0 Å². The van der Waals surface area contributed by atoms with Crippen LogP contribution in [-0.4, -0.2) is 59.8 Å². The molecule has 2 N–H and O–H groups in total. The van der Waals surface area contributed by atoms with Gasteiger partial charge in [0.15, 0.2) is 5.43 Å². The SMILES string of the molecule is Cc1cc(=O)c(C(=O)Nc2ccc(CC(=O)N3CCN(C)CC3)cc2)c[nH]1. The molecule has 7 nitrogen and oxygen atoms in total. The van der Waals surface area contributed by atoms with Crippen LogP contribution in [-0.2, 0) is 11.2 Å². The van der Waals surface area contributed by atoms with Gasteiger partial charge in [0, 0.05) is 49.8 Å². The van der Waals surface area contributed by atoms with Gasteiger partial charge in [0.1, 0.15) is 5.56 Å². The maximum absolute atomic E-state index is 12.4. The summed E-state index contributed by atoms with van der Waals surface area (Å²) < 4.78 is 0. The molecule has 1 aliphatic rings. The molecular weight excluding hydrogens is 344 g/mol. The summed E-state index contributed by atoms with van der Waals surface area (Å²) in [6, 6.07) is 8.52. The maximum atomic E-state index is 12.4. The van der Waals surface area contributed by atoms with Gasteiger partial charge in [-0.2, -0.15) is 0 Å². The number of likely N-dealkylation sites (N-methyl/N-ethyl adjacent to an activating group) is 1. The molecule has 1 fully saturated rings. The molecule has 2 aromatic rings. The minimum absolute atomic E-state index is 0.0647. The molecule has 3 rings (SSSR count). The van der Waals surface area contributed by atoms with Crippen molar-refractivity contribution in [1.82, 2.24) is 14.8 Å². The van der Waals surface area contributed by atoms with Crippen LogP contribution in [0.25, 0.3) is 0 Å². The van der Waals surface area contributed by atoms with Crippen LogP contribution < -0.4 is 10.7 Å². The zero-order valence-corrected chi connectivity index (χ0v) is 15.6. The number of carbonyl (C=O) groups excluding carboxylic acids is 2. The van der Waals surface area contributed by atoms with Crippen LogP contribution in [0.2, 0.25) is 0 Å². The van der Waals surface area contributed by atoms with Gasteiger partial charge in [-0.15, -0.1) is 0 Å².